The molecule has 0 radical (unpaired) electrons. The van der Waals surface area contributed by atoms with Gasteiger partial charge in [0.15, 0.2) is 0 Å². The molecule has 2 rings (SSSR count). The second-order valence-electron chi connectivity index (χ2n) is 4.65. The molecule has 100 valence electrons. The Morgan fingerprint density at radius 1 is 1.32 bits per heavy atom. The third kappa shape index (κ3) is 3.64. The maximum absolute atomic E-state index is 11.4. The quantitative estimate of drug-likeness (QED) is 0.888. The summed E-state index contributed by atoms with van der Waals surface area (Å²) < 4.78 is 1.83. The predicted molar refractivity (Wildman–Crippen MR) is 73.3 cm³/mol. The SMILES string of the molecule is CC(C)C(=O)NCCn1ccc(-c2ccncc2)n1. The minimum absolute atomic E-state index is 0.0185. The van der Waals surface area contributed by atoms with Crippen LogP contribution in [-0.2, 0) is 11.3 Å². The van der Waals surface area contributed by atoms with E-state index in [9.17, 15) is 4.79 Å². The van der Waals surface area contributed by atoms with Gasteiger partial charge >= 0.3 is 0 Å². The molecular weight excluding hydrogens is 240 g/mol. The van der Waals surface area contributed by atoms with E-state index in [1.54, 1.807) is 12.4 Å². The van der Waals surface area contributed by atoms with Gasteiger partial charge in [0, 0.05) is 36.6 Å². The topological polar surface area (TPSA) is 59.8 Å². The average Bonchev–Trinajstić information content (AvgIpc) is 2.88. The van der Waals surface area contributed by atoms with E-state index in [0.717, 1.165) is 11.3 Å². The van der Waals surface area contributed by atoms with Crippen LogP contribution in [0.15, 0.2) is 36.8 Å². The van der Waals surface area contributed by atoms with Crippen molar-refractivity contribution < 1.29 is 4.79 Å². The highest BCUT2D eigenvalue weighted by atomic mass is 16.1. The van der Waals surface area contributed by atoms with Crippen LogP contribution in [0.4, 0.5) is 0 Å². The first-order valence-corrected chi connectivity index (χ1v) is 6.38. The molecule has 0 fully saturated rings. The molecule has 1 amide bonds. The van der Waals surface area contributed by atoms with Crippen LogP contribution in [0.3, 0.4) is 0 Å². The zero-order chi connectivity index (χ0) is 13.7. The highest BCUT2D eigenvalue weighted by molar-refractivity contribution is 5.77. The Hall–Kier alpha value is -2.17. The first kappa shape index (κ1) is 13.3. The van der Waals surface area contributed by atoms with E-state index in [-0.39, 0.29) is 11.8 Å². The van der Waals surface area contributed by atoms with Crippen LogP contribution in [-0.4, -0.2) is 27.2 Å². The van der Waals surface area contributed by atoms with Crippen LogP contribution in [0.5, 0.6) is 0 Å². The lowest BCUT2D eigenvalue weighted by Gasteiger charge is -2.07. The molecule has 2 heterocycles. The Morgan fingerprint density at radius 3 is 2.74 bits per heavy atom. The fraction of sp³-hybridized carbons (Fsp3) is 0.357. The van der Waals surface area contributed by atoms with E-state index in [4.69, 9.17) is 0 Å². The fourth-order valence-corrected chi connectivity index (χ4v) is 1.66. The number of amides is 1. The Balaban J connectivity index is 1.90. The minimum atomic E-state index is 0.0185. The van der Waals surface area contributed by atoms with E-state index in [2.05, 4.69) is 15.4 Å². The second kappa shape index (κ2) is 6.13. The smallest absolute Gasteiger partial charge is 0.222 e. The van der Waals surface area contributed by atoms with Crippen molar-refractivity contribution >= 4 is 5.91 Å². The monoisotopic (exact) mass is 258 g/mol. The highest BCUT2D eigenvalue weighted by Crippen LogP contribution is 2.14. The van der Waals surface area contributed by atoms with E-state index >= 15 is 0 Å². The van der Waals surface area contributed by atoms with E-state index in [1.807, 2.05) is 42.9 Å². The van der Waals surface area contributed by atoms with Crippen LogP contribution < -0.4 is 5.32 Å². The first-order valence-electron chi connectivity index (χ1n) is 6.38. The van der Waals surface area contributed by atoms with Crippen molar-refractivity contribution in [2.75, 3.05) is 6.54 Å². The van der Waals surface area contributed by atoms with Gasteiger partial charge in [0.2, 0.25) is 5.91 Å². The largest absolute Gasteiger partial charge is 0.354 e. The molecule has 2 aromatic heterocycles. The number of rotatable bonds is 5. The number of carbonyl (C=O) groups is 1. The predicted octanol–water partition coefficient (Wildman–Crippen LogP) is 1.72. The van der Waals surface area contributed by atoms with Crippen molar-refractivity contribution in [1.82, 2.24) is 20.1 Å². The fourth-order valence-electron chi connectivity index (χ4n) is 1.66. The Bertz CT molecular complexity index is 533. The van der Waals surface area contributed by atoms with E-state index in [1.165, 1.54) is 0 Å². The molecule has 0 unspecified atom stereocenters. The number of carbonyl (C=O) groups excluding carboxylic acids is 1. The maximum atomic E-state index is 11.4. The molecule has 19 heavy (non-hydrogen) atoms. The van der Waals surface area contributed by atoms with Gasteiger partial charge in [-0.15, -0.1) is 0 Å². The van der Waals surface area contributed by atoms with Crippen LogP contribution in [0.25, 0.3) is 11.3 Å². The van der Waals surface area contributed by atoms with E-state index < -0.39 is 0 Å². The summed E-state index contributed by atoms with van der Waals surface area (Å²) in [6.07, 6.45) is 5.41. The molecule has 0 spiro atoms. The molecular formula is C14H18N4O. The van der Waals surface area contributed by atoms with Crippen molar-refractivity contribution in [1.29, 1.82) is 0 Å². The van der Waals surface area contributed by atoms with Gasteiger partial charge in [0.05, 0.1) is 12.2 Å². The summed E-state index contributed by atoms with van der Waals surface area (Å²) in [4.78, 5) is 15.4. The lowest BCUT2D eigenvalue weighted by Crippen LogP contribution is -2.30. The normalized spacial score (nSPS) is 10.7. The Morgan fingerprint density at radius 2 is 2.05 bits per heavy atom. The molecule has 0 saturated carbocycles. The third-order valence-electron chi connectivity index (χ3n) is 2.78. The molecule has 0 aliphatic rings. The number of hydrogen-bond acceptors (Lipinski definition) is 3. The van der Waals surface area contributed by atoms with Crippen molar-refractivity contribution in [3.63, 3.8) is 0 Å². The summed E-state index contributed by atoms with van der Waals surface area (Å²) in [5.74, 6) is 0.0894. The van der Waals surface area contributed by atoms with Crippen molar-refractivity contribution in [3.8, 4) is 11.3 Å². The molecule has 1 N–H and O–H groups in total. The molecule has 5 heteroatoms. The van der Waals surface area contributed by atoms with Gasteiger partial charge in [0.1, 0.15) is 0 Å². The Kier molecular flexibility index (Phi) is 4.28. The zero-order valence-electron chi connectivity index (χ0n) is 11.2. The number of hydrogen-bond donors (Lipinski definition) is 1. The molecule has 0 bridgehead atoms. The van der Waals surface area contributed by atoms with E-state index in [0.29, 0.717) is 13.1 Å². The summed E-state index contributed by atoms with van der Waals surface area (Å²) in [6.45, 7) is 5.02. The summed E-state index contributed by atoms with van der Waals surface area (Å²) in [5, 5.41) is 7.33. The number of nitrogens with one attached hydrogen (secondary N) is 1. The van der Waals surface area contributed by atoms with Crippen LogP contribution in [0.2, 0.25) is 0 Å². The highest BCUT2D eigenvalue weighted by Gasteiger charge is 2.06. The third-order valence-corrected chi connectivity index (χ3v) is 2.78. The summed E-state index contributed by atoms with van der Waals surface area (Å²) in [5.41, 5.74) is 1.96. The molecule has 2 aromatic rings. The van der Waals surface area contributed by atoms with Gasteiger partial charge in [-0.05, 0) is 18.2 Å². The number of aromatic nitrogens is 3. The van der Waals surface area contributed by atoms with Crippen molar-refractivity contribution in [3.05, 3.63) is 36.8 Å². The van der Waals surface area contributed by atoms with Crippen molar-refractivity contribution in [2.24, 2.45) is 5.92 Å². The van der Waals surface area contributed by atoms with Gasteiger partial charge in [-0.1, -0.05) is 13.8 Å². The van der Waals surface area contributed by atoms with Gasteiger partial charge < -0.3 is 5.32 Å². The molecule has 0 aliphatic carbocycles. The number of nitrogens with zero attached hydrogens (tertiary/aromatic N) is 3. The van der Waals surface area contributed by atoms with Gasteiger partial charge in [0.25, 0.3) is 0 Å². The molecule has 5 nitrogen and oxygen atoms in total. The molecule has 0 aromatic carbocycles. The molecule has 0 atom stereocenters. The lowest BCUT2D eigenvalue weighted by molar-refractivity contribution is -0.124. The van der Waals surface area contributed by atoms with Crippen LogP contribution in [0.1, 0.15) is 13.8 Å². The van der Waals surface area contributed by atoms with Gasteiger partial charge in [-0.2, -0.15) is 5.10 Å². The minimum Gasteiger partial charge on any atom is -0.354 e. The second-order valence-corrected chi connectivity index (χ2v) is 4.65. The van der Waals surface area contributed by atoms with Crippen LogP contribution in [0, 0.1) is 5.92 Å². The summed E-state index contributed by atoms with van der Waals surface area (Å²) in [6, 6.07) is 5.81. The number of pyridine rings is 1. The molecule has 0 aliphatic heterocycles. The maximum Gasteiger partial charge on any atom is 0.222 e. The summed E-state index contributed by atoms with van der Waals surface area (Å²) >= 11 is 0. The Labute approximate surface area is 112 Å². The summed E-state index contributed by atoms with van der Waals surface area (Å²) in [7, 11) is 0. The van der Waals surface area contributed by atoms with Crippen LogP contribution >= 0.6 is 0 Å². The zero-order valence-corrected chi connectivity index (χ0v) is 11.2. The lowest BCUT2D eigenvalue weighted by atomic mass is 10.2. The average molecular weight is 258 g/mol. The van der Waals surface area contributed by atoms with Gasteiger partial charge in [-0.3, -0.25) is 14.5 Å². The molecule has 0 saturated heterocycles. The standard InChI is InChI=1S/C14H18N4O/c1-11(2)14(19)16-8-10-18-9-5-13(17-18)12-3-6-15-7-4-12/h3-7,9,11H,8,10H2,1-2H3,(H,16,19). The van der Waals surface area contributed by atoms with Gasteiger partial charge in [-0.25, -0.2) is 0 Å². The van der Waals surface area contributed by atoms with Crippen molar-refractivity contribution in [2.45, 2.75) is 20.4 Å². The first-order chi connectivity index (χ1) is 9.16.